The van der Waals surface area contributed by atoms with Crippen molar-refractivity contribution in [3.8, 4) is 11.5 Å². The Labute approximate surface area is 110 Å². The summed E-state index contributed by atoms with van der Waals surface area (Å²) in [6.07, 6.45) is 0.872. The number of hydrogen-bond donors (Lipinski definition) is 1. The Morgan fingerprint density at radius 1 is 1.22 bits per heavy atom. The van der Waals surface area contributed by atoms with E-state index in [1.54, 1.807) is 14.2 Å². The Morgan fingerprint density at radius 2 is 1.89 bits per heavy atom. The molecule has 1 rings (SSSR count). The number of nitrogens with two attached hydrogens (primary N) is 1. The van der Waals surface area contributed by atoms with Crippen LogP contribution in [0.15, 0.2) is 18.2 Å². The van der Waals surface area contributed by atoms with E-state index in [0.717, 1.165) is 23.5 Å². The van der Waals surface area contributed by atoms with Gasteiger partial charge in [-0.25, -0.2) is 0 Å². The maximum Gasteiger partial charge on any atom is 0.123 e. The van der Waals surface area contributed by atoms with Gasteiger partial charge in [0.2, 0.25) is 0 Å². The Kier molecular flexibility index (Phi) is 5.44. The van der Waals surface area contributed by atoms with Gasteiger partial charge < -0.3 is 20.1 Å². The fraction of sp³-hybridized carbons (Fsp3) is 0.571. The van der Waals surface area contributed by atoms with Crippen molar-refractivity contribution < 1.29 is 9.47 Å². The summed E-state index contributed by atoms with van der Waals surface area (Å²) in [7, 11) is 7.45. The minimum Gasteiger partial charge on any atom is -0.497 e. The van der Waals surface area contributed by atoms with Crippen molar-refractivity contribution in [2.24, 2.45) is 5.73 Å². The largest absolute Gasteiger partial charge is 0.497 e. The number of nitrogens with zero attached hydrogens (tertiary/aromatic N) is 1. The minimum atomic E-state index is 0.133. The molecule has 0 spiro atoms. The second-order valence-corrected chi connectivity index (χ2v) is 4.80. The number of methoxy groups -OCH3 is 2. The lowest BCUT2D eigenvalue weighted by atomic mass is 9.98. The summed E-state index contributed by atoms with van der Waals surface area (Å²) in [6, 6.07) is 6.21. The summed E-state index contributed by atoms with van der Waals surface area (Å²) < 4.78 is 10.7. The van der Waals surface area contributed by atoms with Crippen LogP contribution in [0.3, 0.4) is 0 Å². The topological polar surface area (TPSA) is 47.7 Å². The first kappa shape index (κ1) is 14.8. The molecule has 0 heterocycles. The van der Waals surface area contributed by atoms with Crippen molar-refractivity contribution in [1.82, 2.24) is 4.90 Å². The Balaban J connectivity index is 3.15. The van der Waals surface area contributed by atoms with E-state index in [-0.39, 0.29) is 12.1 Å². The first-order valence-corrected chi connectivity index (χ1v) is 6.13. The average Bonchev–Trinajstić information content (AvgIpc) is 2.34. The molecule has 4 heteroatoms. The molecule has 1 aromatic rings. The number of benzene rings is 1. The molecule has 0 aliphatic carbocycles. The lowest BCUT2D eigenvalue weighted by molar-refractivity contribution is 0.263. The first-order valence-electron chi connectivity index (χ1n) is 6.13. The van der Waals surface area contributed by atoms with E-state index >= 15 is 0 Å². The quantitative estimate of drug-likeness (QED) is 0.841. The van der Waals surface area contributed by atoms with Gasteiger partial charge in [-0.2, -0.15) is 0 Å². The van der Waals surface area contributed by atoms with E-state index in [4.69, 9.17) is 15.2 Å². The zero-order valence-electron chi connectivity index (χ0n) is 11.9. The summed E-state index contributed by atoms with van der Waals surface area (Å²) >= 11 is 0. The zero-order chi connectivity index (χ0) is 13.7. The van der Waals surface area contributed by atoms with Crippen molar-refractivity contribution in [3.63, 3.8) is 0 Å². The molecular weight excluding hydrogens is 228 g/mol. The van der Waals surface area contributed by atoms with E-state index in [9.17, 15) is 0 Å². The molecule has 2 atom stereocenters. The van der Waals surface area contributed by atoms with Crippen LogP contribution in [0, 0.1) is 0 Å². The number of hydrogen-bond acceptors (Lipinski definition) is 4. The molecule has 1 aromatic carbocycles. The Hall–Kier alpha value is -1.26. The Bertz CT molecular complexity index is 378. The van der Waals surface area contributed by atoms with Crippen LogP contribution in [0.2, 0.25) is 0 Å². The normalized spacial score (nSPS) is 14.4. The predicted molar refractivity (Wildman–Crippen MR) is 74.2 cm³/mol. The molecule has 2 N–H and O–H groups in total. The van der Waals surface area contributed by atoms with Gasteiger partial charge in [0.05, 0.1) is 14.2 Å². The lowest BCUT2D eigenvalue weighted by Gasteiger charge is -2.28. The molecule has 0 saturated carbocycles. The second-order valence-electron chi connectivity index (χ2n) is 4.80. The van der Waals surface area contributed by atoms with E-state index in [0.29, 0.717) is 0 Å². The van der Waals surface area contributed by atoms with E-state index in [1.165, 1.54) is 0 Å². The van der Waals surface area contributed by atoms with Gasteiger partial charge >= 0.3 is 0 Å². The van der Waals surface area contributed by atoms with E-state index in [2.05, 4.69) is 4.90 Å². The molecule has 0 aliphatic rings. The smallest absolute Gasteiger partial charge is 0.123 e. The number of rotatable bonds is 6. The van der Waals surface area contributed by atoms with Gasteiger partial charge in [0.1, 0.15) is 11.5 Å². The van der Waals surface area contributed by atoms with Crippen LogP contribution in [0.1, 0.15) is 24.9 Å². The zero-order valence-corrected chi connectivity index (χ0v) is 11.9. The lowest BCUT2D eigenvalue weighted by Crippen LogP contribution is -2.27. The van der Waals surface area contributed by atoms with Gasteiger partial charge in [0, 0.05) is 17.6 Å². The van der Waals surface area contributed by atoms with Crippen LogP contribution >= 0.6 is 0 Å². The fourth-order valence-electron chi connectivity index (χ4n) is 2.07. The SMILES string of the molecule is COc1ccc(OC)c(C(CC(C)N)N(C)C)c1. The highest BCUT2D eigenvalue weighted by Gasteiger charge is 2.20. The van der Waals surface area contributed by atoms with Crippen molar-refractivity contribution in [2.75, 3.05) is 28.3 Å². The summed E-state index contributed by atoms with van der Waals surface area (Å²) in [5.74, 6) is 1.71. The maximum atomic E-state index is 5.93. The van der Waals surface area contributed by atoms with Gasteiger partial charge in [0.25, 0.3) is 0 Å². The number of ether oxygens (including phenoxy) is 2. The van der Waals surface area contributed by atoms with Crippen LogP contribution in [0.4, 0.5) is 0 Å². The molecule has 0 aromatic heterocycles. The van der Waals surface area contributed by atoms with E-state index < -0.39 is 0 Å². The van der Waals surface area contributed by atoms with Crippen molar-refractivity contribution in [2.45, 2.75) is 25.4 Å². The second kappa shape index (κ2) is 6.61. The molecule has 0 radical (unpaired) electrons. The third-order valence-electron chi connectivity index (χ3n) is 3.01. The van der Waals surface area contributed by atoms with Gasteiger partial charge in [0.15, 0.2) is 0 Å². The highest BCUT2D eigenvalue weighted by atomic mass is 16.5. The summed E-state index contributed by atoms with van der Waals surface area (Å²) in [6.45, 7) is 2.02. The summed E-state index contributed by atoms with van der Waals surface area (Å²) in [5.41, 5.74) is 7.04. The van der Waals surface area contributed by atoms with Gasteiger partial charge in [-0.1, -0.05) is 0 Å². The van der Waals surface area contributed by atoms with Gasteiger partial charge in [-0.15, -0.1) is 0 Å². The molecule has 102 valence electrons. The minimum absolute atomic E-state index is 0.133. The van der Waals surface area contributed by atoms with Gasteiger partial charge in [-0.05, 0) is 45.6 Å². The first-order chi connectivity index (χ1) is 8.49. The van der Waals surface area contributed by atoms with Crippen molar-refractivity contribution >= 4 is 0 Å². The fourth-order valence-corrected chi connectivity index (χ4v) is 2.07. The van der Waals surface area contributed by atoms with Crippen molar-refractivity contribution in [1.29, 1.82) is 0 Å². The van der Waals surface area contributed by atoms with Crippen LogP contribution in [-0.2, 0) is 0 Å². The standard InChI is InChI=1S/C14H24N2O2/c1-10(15)8-13(16(2)3)12-9-11(17-4)6-7-14(12)18-5/h6-7,9-10,13H,8,15H2,1-5H3. The third kappa shape index (κ3) is 3.62. The van der Waals surface area contributed by atoms with Crippen LogP contribution in [0.25, 0.3) is 0 Å². The predicted octanol–water partition coefficient (Wildman–Crippen LogP) is 2.04. The van der Waals surface area contributed by atoms with Crippen LogP contribution in [-0.4, -0.2) is 39.3 Å². The van der Waals surface area contributed by atoms with Gasteiger partial charge in [-0.3, -0.25) is 0 Å². The molecule has 0 fully saturated rings. The summed E-state index contributed by atoms with van der Waals surface area (Å²) in [5, 5.41) is 0. The molecule has 0 saturated heterocycles. The highest BCUT2D eigenvalue weighted by molar-refractivity contribution is 5.42. The van der Waals surface area contributed by atoms with Crippen molar-refractivity contribution in [3.05, 3.63) is 23.8 Å². The maximum absolute atomic E-state index is 5.93. The molecule has 0 bridgehead atoms. The monoisotopic (exact) mass is 252 g/mol. The summed E-state index contributed by atoms with van der Waals surface area (Å²) in [4.78, 5) is 2.15. The molecule has 0 amide bonds. The highest BCUT2D eigenvalue weighted by Crippen LogP contribution is 2.34. The van der Waals surface area contributed by atoms with Crippen LogP contribution in [0.5, 0.6) is 11.5 Å². The average molecular weight is 252 g/mol. The molecule has 18 heavy (non-hydrogen) atoms. The Morgan fingerprint density at radius 3 is 2.33 bits per heavy atom. The molecule has 2 unspecified atom stereocenters. The molecular formula is C14H24N2O2. The van der Waals surface area contributed by atoms with Crippen LogP contribution < -0.4 is 15.2 Å². The molecule has 0 aliphatic heterocycles. The third-order valence-corrected chi connectivity index (χ3v) is 3.01. The molecule has 4 nitrogen and oxygen atoms in total. The van der Waals surface area contributed by atoms with E-state index in [1.807, 2.05) is 39.2 Å².